The molecule has 1 aromatic carbocycles. The second-order valence-corrected chi connectivity index (χ2v) is 6.50. The van der Waals surface area contributed by atoms with E-state index in [1.165, 1.54) is 32.0 Å². The van der Waals surface area contributed by atoms with Gasteiger partial charge in [0.2, 0.25) is 5.75 Å². The molecule has 3 rings (SSSR count). The molecule has 31 heavy (non-hydrogen) atoms. The van der Waals surface area contributed by atoms with E-state index in [-0.39, 0.29) is 24.3 Å². The number of ether oxygens (including phenoxy) is 3. The van der Waals surface area contributed by atoms with E-state index >= 15 is 0 Å². The fraction of sp³-hybridized carbons (Fsp3) is 0.227. The smallest absolute Gasteiger partial charge is 0.333 e. The van der Waals surface area contributed by atoms with E-state index < -0.39 is 11.2 Å². The third-order valence-corrected chi connectivity index (χ3v) is 4.62. The number of imidazole rings is 1. The molecule has 0 spiro atoms. The highest BCUT2D eigenvalue weighted by Crippen LogP contribution is 2.38. The number of nitrogens with one attached hydrogen (secondary N) is 1. The second kappa shape index (κ2) is 9.21. The van der Waals surface area contributed by atoms with E-state index in [4.69, 9.17) is 14.2 Å². The molecule has 9 nitrogen and oxygen atoms in total. The highest BCUT2D eigenvalue weighted by Gasteiger charge is 2.16. The molecule has 0 amide bonds. The average molecular weight is 424 g/mol. The van der Waals surface area contributed by atoms with Crippen LogP contribution in [0.1, 0.15) is 11.4 Å². The molecule has 0 saturated carbocycles. The lowest BCUT2D eigenvalue weighted by atomic mass is 10.1. The van der Waals surface area contributed by atoms with E-state index in [9.17, 15) is 9.59 Å². The first-order chi connectivity index (χ1) is 15.0. The van der Waals surface area contributed by atoms with Crippen LogP contribution in [0.3, 0.4) is 0 Å². The van der Waals surface area contributed by atoms with E-state index in [1.54, 1.807) is 30.4 Å². The Morgan fingerprint density at radius 3 is 2.13 bits per heavy atom. The zero-order valence-corrected chi connectivity index (χ0v) is 17.7. The SMILES string of the molecule is C=CCn1c(=O)c2[nH]c(C=Cc3cc(OC)c(OC)c(OC)c3)nc2n(CC=C)c1=O. The molecule has 0 unspecified atom stereocenters. The largest absolute Gasteiger partial charge is 0.493 e. The summed E-state index contributed by atoms with van der Waals surface area (Å²) in [4.78, 5) is 32.9. The maximum atomic E-state index is 12.8. The minimum absolute atomic E-state index is 0.0976. The molecule has 0 saturated heterocycles. The predicted octanol–water partition coefficient (Wildman–Crippen LogP) is 2.45. The number of H-pyrrole nitrogens is 1. The van der Waals surface area contributed by atoms with Crippen LogP contribution in [0, 0.1) is 0 Å². The summed E-state index contributed by atoms with van der Waals surface area (Å²) in [5.74, 6) is 1.92. The molecule has 2 aromatic heterocycles. The molecule has 0 aliphatic carbocycles. The minimum atomic E-state index is -0.469. The first kappa shape index (κ1) is 21.7. The Balaban J connectivity index is 2.12. The van der Waals surface area contributed by atoms with Crippen molar-refractivity contribution in [1.82, 2.24) is 19.1 Å². The standard InChI is InChI=1S/C22H24N4O5/c1-6-10-25-20-18(21(27)26(11-7-2)22(25)28)23-17(24-20)9-8-14-12-15(29-3)19(31-5)16(13-14)30-4/h6-9,12-13H,1-2,10-11H2,3-5H3,(H,23,24). The first-order valence-corrected chi connectivity index (χ1v) is 9.42. The lowest BCUT2D eigenvalue weighted by molar-refractivity contribution is 0.324. The van der Waals surface area contributed by atoms with Crippen molar-refractivity contribution in [3.8, 4) is 17.2 Å². The summed E-state index contributed by atoms with van der Waals surface area (Å²) in [6, 6.07) is 3.57. The Kier molecular flexibility index (Phi) is 6.44. The molecule has 0 radical (unpaired) electrons. The van der Waals surface area contributed by atoms with Crippen molar-refractivity contribution in [2.45, 2.75) is 13.1 Å². The third-order valence-electron chi connectivity index (χ3n) is 4.62. The van der Waals surface area contributed by atoms with Gasteiger partial charge >= 0.3 is 5.69 Å². The molecule has 0 fully saturated rings. The number of rotatable bonds is 9. The molecule has 0 aliphatic heterocycles. The van der Waals surface area contributed by atoms with Crippen molar-refractivity contribution in [3.05, 3.63) is 69.7 Å². The van der Waals surface area contributed by atoms with Gasteiger partial charge in [0, 0.05) is 13.1 Å². The number of hydrogen-bond donors (Lipinski definition) is 1. The summed E-state index contributed by atoms with van der Waals surface area (Å²) in [5.41, 5.74) is 0.333. The third kappa shape index (κ3) is 4.02. The van der Waals surface area contributed by atoms with Crippen molar-refractivity contribution in [2.75, 3.05) is 21.3 Å². The zero-order valence-electron chi connectivity index (χ0n) is 17.7. The fourth-order valence-electron chi connectivity index (χ4n) is 3.22. The lowest BCUT2D eigenvalue weighted by Gasteiger charge is -2.12. The van der Waals surface area contributed by atoms with Crippen LogP contribution in [-0.4, -0.2) is 40.4 Å². The molecule has 0 atom stereocenters. The monoisotopic (exact) mass is 424 g/mol. The van der Waals surface area contributed by atoms with E-state index in [2.05, 4.69) is 23.1 Å². The first-order valence-electron chi connectivity index (χ1n) is 9.42. The van der Waals surface area contributed by atoms with Gasteiger partial charge < -0.3 is 19.2 Å². The van der Waals surface area contributed by atoms with E-state index in [1.807, 2.05) is 0 Å². The number of benzene rings is 1. The van der Waals surface area contributed by atoms with Gasteiger partial charge in [0.05, 0.1) is 21.3 Å². The van der Waals surface area contributed by atoms with Crippen molar-refractivity contribution >= 4 is 23.3 Å². The minimum Gasteiger partial charge on any atom is -0.493 e. The Morgan fingerprint density at radius 1 is 0.968 bits per heavy atom. The number of methoxy groups -OCH3 is 3. The van der Waals surface area contributed by atoms with Gasteiger partial charge in [0.25, 0.3) is 5.56 Å². The van der Waals surface area contributed by atoms with E-state index in [0.29, 0.717) is 23.1 Å². The second-order valence-electron chi connectivity index (χ2n) is 6.50. The quantitative estimate of drug-likeness (QED) is 0.530. The molecule has 9 heteroatoms. The molecule has 0 aliphatic rings. The van der Waals surface area contributed by atoms with Gasteiger partial charge in [-0.05, 0) is 23.8 Å². The molecular weight excluding hydrogens is 400 g/mol. The summed E-state index contributed by atoms with van der Waals surface area (Å²) in [6.45, 7) is 7.60. The van der Waals surface area contributed by atoms with Crippen LogP contribution in [0.15, 0.2) is 47.0 Å². The fourth-order valence-corrected chi connectivity index (χ4v) is 3.22. The topological polar surface area (TPSA) is 100 Å². The van der Waals surface area contributed by atoms with Crippen molar-refractivity contribution in [1.29, 1.82) is 0 Å². The van der Waals surface area contributed by atoms with Gasteiger partial charge in [0.1, 0.15) is 11.3 Å². The molecule has 1 N–H and O–H groups in total. The van der Waals surface area contributed by atoms with Crippen molar-refractivity contribution < 1.29 is 14.2 Å². The predicted molar refractivity (Wildman–Crippen MR) is 120 cm³/mol. The normalized spacial score (nSPS) is 11.1. The van der Waals surface area contributed by atoms with Gasteiger partial charge in [-0.25, -0.2) is 9.78 Å². The molecule has 162 valence electrons. The van der Waals surface area contributed by atoms with Crippen LogP contribution in [0.25, 0.3) is 23.3 Å². The number of hydrogen-bond acceptors (Lipinski definition) is 6. The van der Waals surface area contributed by atoms with Gasteiger partial charge in [-0.2, -0.15) is 0 Å². The lowest BCUT2D eigenvalue weighted by Crippen LogP contribution is -2.39. The highest BCUT2D eigenvalue weighted by atomic mass is 16.5. The summed E-state index contributed by atoms with van der Waals surface area (Å²) < 4.78 is 18.6. The summed E-state index contributed by atoms with van der Waals surface area (Å²) in [6.07, 6.45) is 6.54. The van der Waals surface area contributed by atoms with Crippen molar-refractivity contribution in [3.63, 3.8) is 0 Å². The molecule has 3 aromatic rings. The summed E-state index contributed by atoms with van der Waals surface area (Å²) >= 11 is 0. The Morgan fingerprint density at radius 2 is 1.58 bits per heavy atom. The van der Waals surface area contributed by atoms with Crippen LogP contribution in [-0.2, 0) is 13.1 Å². The molecule has 0 bridgehead atoms. The maximum absolute atomic E-state index is 12.8. The Hall–Kier alpha value is -4.01. The number of nitrogens with zero attached hydrogens (tertiary/aromatic N) is 3. The average Bonchev–Trinajstić information content (AvgIpc) is 3.21. The number of fused-ring (bicyclic) bond motifs is 1. The van der Waals surface area contributed by atoms with Crippen LogP contribution in [0.5, 0.6) is 17.2 Å². The zero-order chi connectivity index (χ0) is 22.5. The number of aromatic nitrogens is 4. The van der Waals surface area contributed by atoms with Crippen LogP contribution in [0.4, 0.5) is 0 Å². The summed E-state index contributed by atoms with van der Waals surface area (Å²) in [5, 5.41) is 0. The Bertz CT molecular complexity index is 1250. The summed E-state index contributed by atoms with van der Waals surface area (Å²) in [7, 11) is 4.61. The molecule has 2 heterocycles. The van der Waals surface area contributed by atoms with E-state index in [0.717, 1.165) is 10.1 Å². The molecular formula is C22H24N4O5. The van der Waals surface area contributed by atoms with Crippen molar-refractivity contribution in [2.24, 2.45) is 0 Å². The van der Waals surface area contributed by atoms with Gasteiger partial charge in [-0.1, -0.05) is 18.2 Å². The van der Waals surface area contributed by atoms with Gasteiger partial charge in [-0.3, -0.25) is 13.9 Å². The van der Waals surface area contributed by atoms with Crippen LogP contribution >= 0.6 is 0 Å². The number of aromatic amines is 1. The number of allylic oxidation sites excluding steroid dienone is 2. The maximum Gasteiger partial charge on any atom is 0.333 e. The van der Waals surface area contributed by atoms with Crippen LogP contribution in [0.2, 0.25) is 0 Å². The van der Waals surface area contributed by atoms with Gasteiger partial charge in [-0.15, -0.1) is 13.2 Å². The van der Waals surface area contributed by atoms with Crippen LogP contribution < -0.4 is 25.5 Å². The van der Waals surface area contributed by atoms with Gasteiger partial charge in [0.15, 0.2) is 17.1 Å². The Labute approximate surface area is 178 Å². The highest BCUT2D eigenvalue weighted by molar-refractivity contribution is 5.76.